The molecule has 0 saturated carbocycles. The first-order valence-corrected chi connectivity index (χ1v) is 7.62. The average Bonchev–Trinajstić information content (AvgIpc) is 2.97. The van der Waals surface area contributed by atoms with Gasteiger partial charge in [0.15, 0.2) is 10.7 Å². The normalized spacial score (nSPS) is 11.1. The Hall–Kier alpha value is -2.39. The molecule has 9 heteroatoms. The SMILES string of the molecule is CCc1ccc(NS(=O)(=O)c2cc(C(=O)NN)n[nH]2)cc1. The molecule has 2 rings (SSSR count). The van der Waals surface area contributed by atoms with Crippen LogP contribution in [0.3, 0.4) is 0 Å². The molecule has 0 unspecified atom stereocenters. The molecule has 0 bridgehead atoms. The van der Waals surface area contributed by atoms with Crippen LogP contribution in [0.25, 0.3) is 0 Å². The maximum Gasteiger partial charge on any atom is 0.285 e. The summed E-state index contributed by atoms with van der Waals surface area (Å²) in [4.78, 5) is 11.2. The van der Waals surface area contributed by atoms with E-state index in [0.29, 0.717) is 5.69 Å². The molecule has 1 amide bonds. The molecular weight excluding hydrogens is 294 g/mol. The predicted octanol–water partition coefficient (Wildman–Crippen LogP) is 0.376. The van der Waals surface area contributed by atoms with E-state index in [4.69, 9.17) is 5.84 Å². The van der Waals surface area contributed by atoms with E-state index >= 15 is 0 Å². The number of anilines is 1. The van der Waals surface area contributed by atoms with E-state index in [1.807, 2.05) is 24.5 Å². The monoisotopic (exact) mass is 309 g/mol. The van der Waals surface area contributed by atoms with Crippen LogP contribution in [0.4, 0.5) is 5.69 Å². The number of carbonyl (C=O) groups is 1. The third-order valence-electron chi connectivity index (χ3n) is 2.82. The molecule has 0 spiro atoms. The summed E-state index contributed by atoms with van der Waals surface area (Å²) < 4.78 is 26.7. The van der Waals surface area contributed by atoms with Crippen LogP contribution in [-0.4, -0.2) is 24.5 Å². The van der Waals surface area contributed by atoms with E-state index in [9.17, 15) is 13.2 Å². The summed E-state index contributed by atoms with van der Waals surface area (Å²) in [6.07, 6.45) is 0.866. The van der Waals surface area contributed by atoms with Crippen molar-refractivity contribution in [3.05, 3.63) is 41.6 Å². The van der Waals surface area contributed by atoms with Gasteiger partial charge in [-0.3, -0.25) is 20.0 Å². The number of benzene rings is 1. The quantitative estimate of drug-likeness (QED) is 0.360. The Morgan fingerprint density at radius 1 is 1.33 bits per heavy atom. The molecule has 2 aromatic rings. The number of aromatic nitrogens is 2. The van der Waals surface area contributed by atoms with E-state index in [0.717, 1.165) is 18.1 Å². The highest BCUT2D eigenvalue weighted by atomic mass is 32.2. The Labute approximate surface area is 121 Å². The maximum atomic E-state index is 12.1. The summed E-state index contributed by atoms with van der Waals surface area (Å²) in [6, 6.07) is 8.10. The van der Waals surface area contributed by atoms with Gasteiger partial charge in [0, 0.05) is 11.8 Å². The highest BCUT2D eigenvalue weighted by Gasteiger charge is 2.19. The van der Waals surface area contributed by atoms with Crippen molar-refractivity contribution in [3.8, 4) is 0 Å². The molecule has 0 aliphatic heterocycles. The topological polar surface area (TPSA) is 130 Å². The standard InChI is InChI=1S/C12H15N5O3S/c1-2-8-3-5-9(6-4-8)17-21(19,20)11-7-10(15-16-11)12(18)14-13/h3-7,17H,2,13H2,1H3,(H,14,18)(H,15,16). The predicted molar refractivity (Wildman–Crippen MR) is 76.9 cm³/mol. The molecule has 1 aromatic heterocycles. The number of nitrogen functional groups attached to an aromatic ring is 1. The Balaban J connectivity index is 2.21. The number of hydrogen-bond acceptors (Lipinski definition) is 5. The van der Waals surface area contributed by atoms with Crippen LogP contribution in [-0.2, 0) is 16.4 Å². The molecule has 1 heterocycles. The van der Waals surface area contributed by atoms with Gasteiger partial charge in [-0.1, -0.05) is 19.1 Å². The fraction of sp³-hybridized carbons (Fsp3) is 0.167. The number of nitrogens with two attached hydrogens (primary N) is 1. The van der Waals surface area contributed by atoms with Crippen molar-refractivity contribution in [3.63, 3.8) is 0 Å². The van der Waals surface area contributed by atoms with Gasteiger partial charge in [0.1, 0.15) is 0 Å². The number of sulfonamides is 1. The smallest absolute Gasteiger partial charge is 0.285 e. The van der Waals surface area contributed by atoms with E-state index in [1.54, 1.807) is 12.1 Å². The Morgan fingerprint density at radius 2 is 2.00 bits per heavy atom. The number of aromatic amines is 1. The molecule has 0 radical (unpaired) electrons. The van der Waals surface area contributed by atoms with Crippen LogP contribution < -0.4 is 16.0 Å². The molecule has 0 aliphatic carbocycles. The number of nitrogens with one attached hydrogen (secondary N) is 3. The number of rotatable bonds is 5. The molecule has 8 nitrogen and oxygen atoms in total. The van der Waals surface area contributed by atoms with Gasteiger partial charge in [-0.05, 0) is 24.1 Å². The zero-order chi connectivity index (χ0) is 15.5. The highest BCUT2D eigenvalue weighted by Crippen LogP contribution is 2.16. The van der Waals surface area contributed by atoms with Crippen LogP contribution in [0.5, 0.6) is 0 Å². The lowest BCUT2D eigenvalue weighted by molar-refractivity contribution is 0.0948. The molecule has 0 saturated heterocycles. The number of hydrogen-bond donors (Lipinski definition) is 4. The van der Waals surface area contributed by atoms with Gasteiger partial charge < -0.3 is 0 Å². The molecule has 0 aliphatic rings. The van der Waals surface area contributed by atoms with E-state index in [-0.39, 0.29) is 10.7 Å². The molecule has 5 N–H and O–H groups in total. The minimum atomic E-state index is -3.84. The van der Waals surface area contributed by atoms with Crippen molar-refractivity contribution in [2.45, 2.75) is 18.4 Å². The molecule has 112 valence electrons. The number of amides is 1. The van der Waals surface area contributed by atoms with Crippen LogP contribution in [0.15, 0.2) is 35.4 Å². The first-order chi connectivity index (χ1) is 9.96. The van der Waals surface area contributed by atoms with Crippen molar-refractivity contribution < 1.29 is 13.2 Å². The first kappa shape index (κ1) is 15.0. The van der Waals surface area contributed by atoms with E-state index < -0.39 is 15.9 Å². The van der Waals surface area contributed by atoms with Crippen molar-refractivity contribution >= 4 is 21.6 Å². The summed E-state index contributed by atoms with van der Waals surface area (Å²) in [6.45, 7) is 2.01. The molecule has 1 aromatic carbocycles. The fourth-order valence-electron chi connectivity index (χ4n) is 1.65. The van der Waals surface area contributed by atoms with Gasteiger partial charge in [0.25, 0.3) is 15.9 Å². The fourth-order valence-corrected chi connectivity index (χ4v) is 2.64. The van der Waals surface area contributed by atoms with Gasteiger partial charge in [0.2, 0.25) is 0 Å². The number of H-pyrrole nitrogens is 1. The molecule has 0 atom stereocenters. The second kappa shape index (κ2) is 5.94. The van der Waals surface area contributed by atoms with Crippen LogP contribution in [0.2, 0.25) is 0 Å². The number of nitrogens with zero attached hydrogens (tertiary/aromatic N) is 1. The number of carbonyl (C=O) groups excluding carboxylic acids is 1. The minimum Gasteiger partial charge on any atom is -0.289 e. The summed E-state index contributed by atoms with van der Waals surface area (Å²) >= 11 is 0. The highest BCUT2D eigenvalue weighted by molar-refractivity contribution is 7.92. The molecule has 21 heavy (non-hydrogen) atoms. The van der Waals surface area contributed by atoms with Crippen LogP contribution in [0, 0.1) is 0 Å². The zero-order valence-corrected chi connectivity index (χ0v) is 12.1. The number of hydrazine groups is 1. The van der Waals surface area contributed by atoms with Crippen LogP contribution in [0.1, 0.15) is 23.0 Å². The van der Waals surface area contributed by atoms with Crippen molar-refractivity contribution in [2.24, 2.45) is 5.84 Å². The van der Waals surface area contributed by atoms with Gasteiger partial charge in [0.05, 0.1) is 0 Å². The largest absolute Gasteiger partial charge is 0.289 e. The van der Waals surface area contributed by atoms with Gasteiger partial charge >= 0.3 is 0 Å². The second-order valence-electron chi connectivity index (χ2n) is 4.25. The van der Waals surface area contributed by atoms with Gasteiger partial charge in [-0.25, -0.2) is 5.84 Å². The third kappa shape index (κ3) is 3.38. The summed E-state index contributed by atoms with van der Waals surface area (Å²) in [5, 5.41) is 5.65. The first-order valence-electron chi connectivity index (χ1n) is 6.14. The maximum absolute atomic E-state index is 12.1. The molecular formula is C12H15N5O3S. The molecule has 0 fully saturated rings. The Bertz CT molecular complexity index is 737. The van der Waals surface area contributed by atoms with E-state index in [1.165, 1.54) is 0 Å². The summed E-state index contributed by atoms with van der Waals surface area (Å²) in [5.41, 5.74) is 3.28. The second-order valence-corrected chi connectivity index (χ2v) is 5.90. The van der Waals surface area contributed by atoms with E-state index in [2.05, 4.69) is 14.9 Å². The van der Waals surface area contributed by atoms with Crippen LogP contribution >= 0.6 is 0 Å². The third-order valence-corrected chi connectivity index (χ3v) is 4.11. The lowest BCUT2D eigenvalue weighted by Crippen LogP contribution is -2.30. The van der Waals surface area contributed by atoms with Crippen molar-refractivity contribution in [1.29, 1.82) is 0 Å². The van der Waals surface area contributed by atoms with Crippen molar-refractivity contribution in [1.82, 2.24) is 15.6 Å². The lowest BCUT2D eigenvalue weighted by Gasteiger charge is -2.06. The summed E-state index contributed by atoms with van der Waals surface area (Å²) in [5.74, 6) is 4.27. The van der Waals surface area contributed by atoms with Crippen molar-refractivity contribution in [2.75, 3.05) is 4.72 Å². The number of aryl methyl sites for hydroxylation is 1. The van der Waals surface area contributed by atoms with Gasteiger partial charge in [-0.15, -0.1) is 0 Å². The average molecular weight is 309 g/mol. The van der Waals surface area contributed by atoms with Gasteiger partial charge in [-0.2, -0.15) is 13.5 Å². The lowest BCUT2D eigenvalue weighted by atomic mass is 10.2. The zero-order valence-electron chi connectivity index (χ0n) is 11.3. The minimum absolute atomic E-state index is 0.112. The summed E-state index contributed by atoms with van der Waals surface area (Å²) in [7, 11) is -3.84. The Kier molecular flexibility index (Phi) is 4.24. The Morgan fingerprint density at radius 3 is 2.57 bits per heavy atom.